The number of rotatable bonds is 7. The summed E-state index contributed by atoms with van der Waals surface area (Å²) in [5, 5.41) is 3.26. The summed E-state index contributed by atoms with van der Waals surface area (Å²) in [6.45, 7) is 2.53. The minimum Gasteiger partial charge on any atom is -0.497 e. The summed E-state index contributed by atoms with van der Waals surface area (Å²) >= 11 is 0. The molecule has 7 nitrogen and oxygen atoms in total. The molecule has 2 heterocycles. The zero-order valence-corrected chi connectivity index (χ0v) is 17.5. The minimum atomic E-state index is 0.587. The van der Waals surface area contributed by atoms with Crippen LogP contribution in [0.5, 0.6) is 17.2 Å². The van der Waals surface area contributed by atoms with Crippen LogP contribution in [0.15, 0.2) is 48.7 Å². The first-order chi connectivity index (χ1) is 14.7. The van der Waals surface area contributed by atoms with Crippen molar-refractivity contribution < 1.29 is 14.2 Å². The van der Waals surface area contributed by atoms with Crippen molar-refractivity contribution in [3.63, 3.8) is 0 Å². The lowest BCUT2D eigenvalue weighted by atomic mass is 10.1. The molecule has 0 saturated heterocycles. The zero-order chi connectivity index (χ0) is 20.9. The van der Waals surface area contributed by atoms with Crippen LogP contribution in [0.25, 0.3) is 0 Å². The quantitative estimate of drug-likeness (QED) is 0.640. The Morgan fingerprint density at radius 2 is 1.83 bits per heavy atom. The van der Waals surface area contributed by atoms with Crippen LogP contribution in [0.2, 0.25) is 0 Å². The van der Waals surface area contributed by atoms with Crippen LogP contribution in [-0.4, -0.2) is 42.7 Å². The van der Waals surface area contributed by atoms with Crippen LogP contribution >= 0.6 is 0 Å². The molecule has 0 spiro atoms. The fourth-order valence-electron chi connectivity index (χ4n) is 3.66. The van der Waals surface area contributed by atoms with Crippen molar-refractivity contribution in [3.05, 3.63) is 65.5 Å². The highest BCUT2D eigenvalue weighted by molar-refractivity contribution is 5.62. The second-order valence-corrected chi connectivity index (χ2v) is 7.13. The standard InChI is InChI=1S/C23H26N4O3/c1-28-18-9-8-16(22(12-18)30-3)14-27-11-10-19-17(15-27)13-24-23(25-19)26-20-6-4-5-7-21(20)29-2/h4-9,12-13H,10-11,14-15H2,1-3H3,(H,24,25,26). The first-order valence-corrected chi connectivity index (χ1v) is 9.88. The molecule has 30 heavy (non-hydrogen) atoms. The molecule has 156 valence electrons. The van der Waals surface area contributed by atoms with Gasteiger partial charge in [-0.1, -0.05) is 18.2 Å². The molecule has 1 N–H and O–H groups in total. The number of methoxy groups -OCH3 is 3. The van der Waals surface area contributed by atoms with Crippen molar-refractivity contribution in [2.75, 3.05) is 33.2 Å². The Morgan fingerprint density at radius 3 is 2.63 bits per heavy atom. The number of para-hydroxylation sites is 2. The topological polar surface area (TPSA) is 68.7 Å². The molecule has 2 aromatic carbocycles. The third kappa shape index (κ3) is 4.31. The van der Waals surface area contributed by atoms with E-state index >= 15 is 0 Å². The molecule has 3 aromatic rings. The highest BCUT2D eigenvalue weighted by Gasteiger charge is 2.20. The van der Waals surface area contributed by atoms with E-state index in [4.69, 9.17) is 19.2 Å². The van der Waals surface area contributed by atoms with Gasteiger partial charge in [-0.3, -0.25) is 4.90 Å². The third-order valence-electron chi connectivity index (χ3n) is 5.25. The van der Waals surface area contributed by atoms with Crippen LogP contribution < -0.4 is 19.5 Å². The molecular weight excluding hydrogens is 380 g/mol. The van der Waals surface area contributed by atoms with Gasteiger partial charge in [-0.05, 0) is 18.2 Å². The Hall–Kier alpha value is -3.32. The van der Waals surface area contributed by atoms with Gasteiger partial charge in [0, 0.05) is 49.4 Å². The number of hydrogen-bond donors (Lipinski definition) is 1. The highest BCUT2D eigenvalue weighted by Crippen LogP contribution is 2.29. The van der Waals surface area contributed by atoms with Crippen LogP contribution in [0.4, 0.5) is 11.6 Å². The van der Waals surface area contributed by atoms with Gasteiger partial charge in [0.25, 0.3) is 0 Å². The number of aromatic nitrogens is 2. The first-order valence-electron chi connectivity index (χ1n) is 9.88. The van der Waals surface area contributed by atoms with Crippen molar-refractivity contribution in [2.24, 2.45) is 0 Å². The summed E-state index contributed by atoms with van der Waals surface area (Å²) < 4.78 is 16.2. The Balaban J connectivity index is 1.46. The van der Waals surface area contributed by atoms with Gasteiger partial charge in [0.2, 0.25) is 5.95 Å². The van der Waals surface area contributed by atoms with E-state index in [1.807, 2.05) is 42.6 Å². The summed E-state index contributed by atoms with van der Waals surface area (Å²) in [6.07, 6.45) is 2.79. The summed E-state index contributed by atoms with van der Waals surface area (Å²) in [5.74, 6) is 2.98. The maximum atomic E-state index is 5.54. The highest BCUT2D eigenvalue weighted by atomic mass is 16.5. The molecule has 0 aliphatic carbocycles. The third-order valence-corrected chi connectivity index (χ3v) is 5.25. The van der Waals surface area contributed by atoms with Gasteiger partial charge < -0.3 is 19.5 Å². The Kier molecular flexibility index (Phi) is 5.99. The van der Waals surface area contributed by atoms with Crippen molar-refractivity contribution in [1.29, 1.82) is 0 Å². The summed E-state index contributed by atoms with van der Waals surface area (Å²) in [4.78, 5) is 11.6. The lowest BCUT2D eigenvalue weighted by Gasteiger charge is -2.28. The molecule has 0 radical (unpaired) electrons. The number of ether oxygens (including phenoxy) is 3. The van der Waals surface area contributed by atoms with E-state index in [1.54, 1.807) is 21.3 Å². The summed E-state index contributed by atoms with van der Waals surface area (Å²) in [7, 11) is 5.00. The lowest BCUT2D eigenvalue weighted by molar-refractivity contribution is 0.239. The van der Waals surface area contributed by atoms with Gasteiger partial charge in [0.05, 0.1) is 32.7 Å². The van der Waals surface area contributed by atoms with E-state index < -0.39 is 0 Å². The average molecular weight is 406 g/mol. The SMILES string of the molecule is COc1ccc(CN2CCc3nc(Nc4ccccc4OC)ncc3C2)c(OC)c1. The monoisotopic (exact) mass is 406 g/mol. The molecule has 4 rings (SSSR count). The smallest absolute Gasteiger partial charge is 0.227 e. The van der Waals surface area contributed by atoms with E-state index in [-0.39, 0.29) is 0 Å². The van der Waals surface area contributed by atoms with Crippen LogP contribution in [0.3, 0.4) is 0 Å². The molecule has 7 heteroatoms. The number of nitrogens with zero attached hydrogens (tertiary/aromatic N) is 3. The van der Waals surface area contributed by atoms with Crippen molar-refractivity contribution in [2.45, 2.75) is 19.5 Å². The predicted octanol–water partition coefficient (Wildman–Crippen LogP) is 3.80. The molecule has 0 amide bonds. The summed E-state index contributed by atoms with van der Waals surface area (Å²) in [5.41, 5.74) is 4.22. The first kappa shape index (κ1) is 20.0. The Bertz CT molecular complexity index is 1030. The van der Waals surface area contributed by atoms with Crippen molar-refractivity contribution in [3.8, 4) is 17.2 Å². The van der Waals surface area contributed by atoms with E-state index in [1.165, 1.54) is 0 Å². The molecule has 0 saturated carbocycles. The molecule has 0 unspecified atom stereocenters. The molecule has 0 bridgehead atoms. The molecule has 1 aromatic heterocycles. The second-order valence-electron chi connectivity index (χ2n) is 7.13. The fraction of sp³-hybridized carbons (Fsp3) is 0.304. The molecule has 0 fully saturated rings. The zero-order valence-electron chi connectivity index (χ0n) is 17.5. The Labute approximate surface area is 176 Å². The second kappa shape index (κ2) is 9.00. The van der Waals surface area contributed by atoms with Gasteiger partial charge in [-0.25, -0.2) is 9.97 Å². The summed E-state index contributed by atoms with van der Waals surface area (Å²) in [6, 6.07) is 13.7. The van der Waals surface area contributed by atoms with Crippen LogP contribution in [0, 0.1) is 0 Å². The predicted molar refractivity (Wildman–Crippen MR) is 116 cm³/mol. The van der Waals surface area contributed by atoms with E-state index in [0.717, 1.165) is 65.8 Å². The van der Waals surface area contributed by atoms with Gasteiger partial charge in [-0.2, -0.15) is 0 Å². The van der Waals surface area contributed by atoms with Crippen molar-refractivity contribution >= 4 is 11.6 Å². The van der Waals surface area contributed by atoms with Crippen molar-refractivity contribution in [1.82, 2.24) is 14.9 Å². The Morgan fingerprint density at radius 1 is 1.00 bits per heavy atom. The number of nitrogens with one attached hydrogen (secondary N) is 1. The fourth-order valence-corrected chi connectivity index (χ4v) is 3.66. The molecule has 1 aliphatic heterocycles. The lowest BCUT2D eigenvalue weighted by Crippen LogP contribution is -2.31. The van der Waals surface area contributed by atoms with Crippen LogP contribution in [-0.2, 0) is 19.5 Å². The molecule has 1 aliphatic rings. The molecular formula is C23H26N4O3. The number of anilines is 2. The van der Waals surface area contributed by atoms with Gasteiger partial charge >= 0.3 is 0 Å². The van der Waals surface area contributed by atoms with Gasteiger partial charge in [-0.15, -0.1) is 0 Å². The maximum absolute atomic E-state index is 5.54. The van der Waals surface area contributed by atoms with E-state index in [0.29, 0.717) is 5.95 Å². The number of hydrogen-bond acceptors (Lipinski definition) is 7. The minimum absolute atomic E-state index is 0.587. The molecule has 0 atom stereocenters. The van der Waals surface area contributed by atoms with E-state index in [2.05, 4.69) is 21.3 Å². The van der Waals surface area contributed by atoms with Gasteiger partial charge in [0.15, 0.2) is 0 Å². The average Bonchev–Trinajstić information content (AvgIpc) is 2.79. The number of benzene rings is 2. The maximum Gasteiger partial charge on any atom is 0.227 e. The van der Waals surface area contributed by atoms with Crippen LogP contribution in [0.1, 0.15) is 16.8 Å². The normalized spacial score (nSPS) is 13.4. The van der Waals surface area contributed by atoms with Gasteiger partial charge in [0.1, 0.15) is 17.2 Å². The number of fused-ring (bicyclic) bond motifs is 1. The van der Waals surface area contributed by atoms with E-state index in [9.17, 15) is 0 Å². The largest absolute Gasteiger partial charge is 0.497 e.